The van der Waals surface area contributed by atoms with E-state index in [1.54, 1.807) is 30.3 Å². The third-order valence-electron chi connectivity index (χ3n) is 5.28. The maximum atomic E-state index is 14.1. The van der Waals surface area contributed by atoms with Crippen LogP contribution in [-0.2, 0) is 20.9 Å². The normalized spacial score (nSPS) is 16.1. The number of urea groups is 1. The number of hydrogen-bond donors (Lipinski definition) is 0. The molecule has 4 rings (SSSR count). The average molecular weight is 425 g/mol. The standard InChI is InChI=1S/C22H20FN3O5/c1-31-17-10-8-16(9-11-17)26-21(29)20(28)25(22(26)30)13-19(27)24(15-6-7-15)12-14-4-2-3-5-18(14)23/h2-5,8-11,15H,6-7,12-13H2,1H3. The van der Waals surface area contributed by atoms with Crippen LogP contribution in [0.5, 0.6) is 5.75 Å². The fraction of sp³-hybridized carbons (Fsp3) is 0.273. The van der Waals surface area contributed by atoms with E-state index in [0.717, 1.165) is 17.7 Å². The van der Waals surface area contributed by atoms with Crippen LogP contribution >= 0.6 is 0 Å². The Labute approximate surface area is 177 Å². The first-order valence-electron chi connectivity index (χ1n) is 9.77. The summed E-state index contributed by atoms with van der Waals surface area (Å²) in [6, 6.07) is 11.2. The summed E-state index contributed by atoms with van der Waals surface area (Å²) in [5.41, 5.74) is 0.544. The summed E-state index contributed by atoms with van der Waals surface area (Å²) in [4.78, 5) is 53.4. The highest BCUT2D eigenvalue weighted by Crippen LogP contribution is 2.30. The molecule has 0 aromatic heterocycles. The van der Waals surface area contributed by atoms with Crippen LogP contribution in [0.4, 0.5) is 14.9 Å². The van der Waals surface area contributed by atoms with Crippen molar-refractivity contribution in [3.05, 3.63) is 59.9 Å². The number of anilines is 1. The monoisotopic (exact) mass is 425 g/mol. The number of carbonyl (C=O) groups excluding carboxylic acids is 4. The summed E-state index contributed by atoms with van der Waals surface area (Å²) >= 11 is 0. The highest BCUT2D eigenvalue weighted by Gasteiger charge is 2.47. The Bertz CT molecular complexity index is 1050. The number of halogens is 1. The molecule has 5 amide bonds. The van der Waals surface area contributed by atoms with E-state index in [4.69, 9.17) is 4.74 Å². The maximum absolute atomic E-state index is 14.1. The number of ether oxygens (including phenoxy) is 1. The van der Waals surface area contributed by atoms with Crippen LogP contribution in [0.25, 0.3) is 0 Å². The molecule has 2 aliphatic rings. The predicted molar refractivity (Wildman–Crippen MR) is 108 cm³/mol. The highest BCUT2D eigenvalue weighted by molar-refractivity contribution is 6.53. The average Bonchev–Trinajstić information content (AvgIpc) is 3.59. The van der Waals surface area contributed by atoms with Crippen LogP contribution < -0.4 is 9.64 Å². The lowest BCUT2D eigenvalue weighted by atomic mass is 10.2. The Hall–Kier alpha value is -3.75. The number of rotatable bonds is 7. The van der Waals surface area contributed by atoms with Gasteiger partial charge in [-0.05, 0) is 43.2 Å². The molecular weight excluding hydrogens is 405 g/mol. The van der Waals surface area contributed by atoms with Crippen molar-refractivity contribution < 1.29 is 28.3 Å². The van der Waals surface area contributed by atoms with Crippen molar-refractivity contribution in [1.82, 2.24) is 9.80 Å². The number of methoxy groups -OCH3 is 1. The van der Waals surface area contributed by atoms with Gasteiger partial charge in [0, 0.05) is 18.2 Å². The Morgan fingerprint density at radius 1 is 1.06 bits per heavy atom. The van der Waals surface area contributed by atoms with Gasteiger partial charge >= 0.3 is 17.8 Å². The minimum atomic E-state index is -1.07. The lowest BCUT2D eigenvalue weighted by Gasteiger charge is -2.25. The lowest BCUT2D eigenvalue weighted by molar-refractivity contribution is -0.142. The van der Waals surface area contributed by atoms with E-state index >= 15 is 0 Å². The molecule has 0 N–H and O–H groups in total. The van der Waals surface area contributed by atoms with E-state index < -0.39 is 36.1 Å². The SMILES string of the molecule is COc1ccc(N2C(=O)C(=O)N(CC(=O)N(Cc3ccccc3F)C3CC3)C2=O)cc1. The largest absolute Gasteiger partial charge is 0.497 e. The Morgan fingerprint density at radius 3 is 2.35 bits per heavy atom. The maximum Gasteiger partial charge on any atom is 0.339 e. The van der Waals surface area contributed by atoms with Crippen molar-refractivity contribution in [2.45, 2.75) is 25.4 Å². The van der Waals surface area contributed by atoms with E-state index in [2.05, 4.69) is 0 Å². The second-order valence-corrected chi connectivity index (χ2v) is 7.36. The number of hydrogen-bond acceptors (Lipinski definition) is 5. The number of amides is 5. The van der Waals surface area contributed by atoms with Gasteiger partial charge in [-0.25, -0.2) is 19.0 Å². The van der Waals surface area contributed by atoms with Crippen molar-refractivity contribution >= 4 is 29.4 Å². The zero-order chi connectivity index (χ0) is 22.1. The lowest BCUT2D eigenvalue weighted by Crippen LogP contribution is -2.44. The molecule has 2 fully saturated rings. The first-order chi connectivity index (χ1) is 14.9. The number of carbonyl (C=O) groups is 4. The summed E-state index contributed by atoms with van der Waals surface area (Å²) in [6.07, 6.45) is 1.53. The zero-order valence-electron chi connectivity index (χ0n) is 16.8. The second kappa shape index (κ2) is 8.17. The summed E-state index contributed by atoms with van der Waals surface area (Å²) in [5, 5.41) is 0. The van der Waals surface area contributed by atoms with Gasteiger partial charge in [-0.1, -0.05) is 18.2 Å². The molecule has 2 aromatic rings. The third-order valence-corrected chi connectivity index (χ3v) is 5.28. The van der Waals surface area contributed by atoms with E-state index in [-0.39, 0.29) is 18.3 Å². The van der Waals surface area contributed by atoms with Crippen molar-refractivity contribution in [3.63, 3.8) is 0 Å². The molecule has 0 unspecified atom stereocenters. The van der Waals surface area contributed by atoms with Gasteiger partial charge in [0.05, 0.1) is 12.8 Å². The molecule has 0 spiro atoms. The van der Waals surface area contributed by atoms with E-state index in [1.807, 2.05) is 0 Å². The van der Waals surface area contributed by atoms with Crippen LogP contribution in [0.15, 0.2) is 48.5 Å². The van der Waals surface area contributed by atoms with Crippen LogP contribution in [0.1, 0.15) is 18.4 Å². The molecule has 1 aliphatic carbocycles. The van der Waals surface area contributed by atoms with Crippen LogP contribution in [0.2, 0.25) is 0 Å². The first kappa shape index (κ1) is 20.5. The number of benzene rings is 2. The number of imide groups is 2. The van der Waals surface area contributed by atoms with E-state index in [0.29, 0.717) is 16.2 Å². The van der Waals surface area contributed by atoms with Gasteiger partial charge in [0.1, 0.15) is 18.1 Å². The second-order valence-electron chi connectivity index (χ2n) is 7.36. The van der Waals surface area contributed by atoms with Gasteiger partial charge in [-0.15, -0.1) is 0 Å². The highest BCUT2D eigenvalue weighted by atomic mass is 19.1. The molecule has 8 nitrogen and oxygen atoms in total. The topological polar surface area (TPSA) is 87.2 Å². The van der Waals surface area contributed by atoms with Gasteiger partial charge in [-0.3, -0.25) is 14.4 Å². The Kier molecular flexibility index (Phi) is 5.41. The summed E-state index contributed by atoms with van der Waals surface area (Å²) in [6.45, 7) is -0.552. The summed E-state index contributed by atoms with van der Waals surface area (Å²) in [7, 11) is 1.48. The molecule has 2 aromatic carbocycles. The van der Waals surface area contributed by atoms with Crippen LogP contribution in [0, 0.1) is 5.82 Å². The minimum Gasteiger partial charge on any atom is -0.497 e. The van der Waals surface area contributed by atoms with Crippen molar-refractivity contribution in [2.24, 2.45) is 0 Å². The molecule has 1 heterocycles. The molecule has 1 saturated heterocycles. The van der Waals surface area contributed by atoms with Gasteiger partial charge in [0.2, 0.25) is 5.91 Å². The smallest absolute Gasteiger partial charge is 0.339 e. The van der Waals surface area contributed by atoms with Crippen molar-refractivity contribution in [1.29, 1.82) is 0 Å². The van der Waals surface area contributed by atoms with Gasteiger partial charge in [-0.2, -0.15) is 0 Å². The zero-order valence-corrected chi connectivity index (χ0v) is 16.8. The quantitative estimate of drug-likeness (QED) is 0.502. The molecule has 1 saturated carbocycles. The molecular formula is C22H20FN3O5. The molecule has 0 bridgehead atoms. The van der Waals surface area contributed by atoms with Crippen molar-refractivity contribution in [3.8, 4) is 5.75 Å². The molecule has 9 heteroatoms. The summed E-state index contributed by atoms with van der Waals surface area (Å²) < 4.78 is 19.1. The molecule has 0 radical (unpaired) electrons. The molecule has 1 aliphatic heterocycles. The van der Waals surface area contributed by atoms with E-state index in [9.17, 15) is 23.6 Å². The number of nitrogens with zero attached hydrogens (tertiary/aromatic N) is 3. The molecule has 0 atom stereocenters. The van der Waals surface area contributed by atoms with E-state index in [1.165, 1.54) is 30.2 Å². The fourth-order valence-electron chi connectivity index (χ4n) is 3.45. The Balaban J connectivity index is 1.51. The first-order valence-corrected chi connectivity index (χ1v) is 9.77. The fourth-order valence-corrected chi connectivity index (χ4v) is 3.45. The molecule has 160 valence electrons. The van der Waals surface area contributed by atoms with Crippen LogP contribution in [-0.4, -0.2) is 53.2 Å². The van der Waals surface area contributed by atoms with Crippen molar-refractivity contribution in [2.75, 3.05) is 18.6 Å². The predicted octanol–water partition coefficient (Wildman–Crippen LogP) is 2.32. The third kappa shape index (κ3) is 3.98. The Morgan fingerprint density at radius 2 is 1.74 bits per heavy atom. The van der Waals surface area contributed by atoms with Gasteiger partial charge < -0.3 is 9.64 Å². The van der Waals surface area contributed by atoms with Gasteiger partial charge in [0.15, 0.2) is 0 Å². The summed E-state index contributed by atoms with van der Waals surface area (Å²) in [5.74, 6) is -2.53. The minimum absolute atomic E-state index is 0.0303. The van der Waals surface area contributed by atoms with Crippen LogP contribution in [0.3, 0.4) is 0 Å². The molecule has 31 heavy (non-hydrogen) atoms. The van der Waals surface area contributed by atoms with Gasteiger partial charge in [0.25, 0.3) is 0 Å².